The normalized spacial score (nSPS) is 18.1. The Morgan fingerprint density at radius 3 is 2.86 bits per heavy atom. The van der Waals surface area contributed by atoms with Crippen molar-refractivity contribution in [3.05, 3.63) is 35.4 Å². The van der Waals surface area contributed by atoms with Crippen molar-refractivity contribution in [2.75, 3.05) is 0 Å². The molecule has 0 N–H and O–H groups in total. The van der Waals surface area contributed by atoms with Gasteiger partial charge in [-0.25, -0.2) is 0 Å². The zero-order valence-corrected chi connectivity index (χ0v) is 9.43. The maximum Gasteiger partial charge on any atom is 0.0311 e. The molecule has 0 bridgehead atoms. The second-order valence-electron chi connectivity index (χ2n) is 4.34. The third kappa shape index (κ3) is 2.75. The van der Waals surface area contributed by atoms with Crippen molar-refractivity contribution in [3.8, 4) is 0 Å². The van der Waals surface area contributed by atoms with E-state index in [9.17, 15) is 0 Å². The second-order valence-corrected chi connectivity index (χ2v) is 5.08. The molecular formula is C13H17Cl. The highest BCUT2D eigenvalue weighted by Gasteiger charge is 2.23. The average Bonchev–Trinajstić information content (AvgIpc) is 2.98. The molecule has 1 atom stereocenters. The third-order valence-electron chi connectivity index (χ3n) is 2.83. The summed E-state index contributed by atoms with van der Waals surface area (Å²) in [6, 6.07) is 9.01. The number of benzene rings is 1. The van der Waals surface area contributed by atoms with Crippen LogP contribution >= 0.6 is 11.6 Å². The van der Waals surface area contributed by atoms with E-state index in [-0.39, 0.29) is 0 Å². The van der Waals surface area contributed by atoms with E-state index in [0.717, 1.165) is 18.8 Å². The largest absolute Gasteiger partial charge is 0.123 e. The molecule has 1 heteroatoms. The predicted molar refractivity (Wildman–Crippen MR) is 62.1 cm³/mol. The van der Waals surface area contributed by atoms with Crippen LogP contribution in [-0.2, 0) is 6.42 Å². The minimum absolute atomic E-state index is 0.291. The van der Waals surface area contributed by atoms with E-state index in [0.29, 0.717) is 5.38 Å². The van der Waals surface area contributed by atoms with Gasteiger partial charge in [0.2, 0.25) is 0 Å². The van der Waals surface area contributed by atoms with E-state index < -0.39 is 0 Å². The first-order chi connectivity index (χ1) is 6.75. The fourth-order valence-corrected chi connectivity index (χ4v) is 1.89. The summed E-state index contributed by atoms with van der Waals surface area (Å²) in [5, 5.41) is 0.291. The summed E-state index contributed by atoms with van der Waals surface area (Å²) in [5.74, 6) is 0.864. The molecule has 0 amide bonds. The fourth-order valence-electron chi connectivity index (χ4n) is 1.78. The molecule has 1 aliphatic rings. The van der Waals surface area contributed by atoms with Crippen molar-refractivity contribution in [2.24, 2.45) is 0 Å². The van der Waals surface area contributed by atoms with Crippen LogP contribution in [0.1, 0.15) is 43.2 Å². The van der Waals surface area contributed by atoms with Crippen LogP contribution in [0.5, 0.6) is 0 Å². The van der Waals surface area contributed by atoms with Gasteiger partial charge in [0.1, 0.15) is 0 Å². The first-order valence-electron chi connectivity index (χ1n) is 5.48. The predicted octanol–water partition coefficient (Wildman–Crippen LogP) is 4.12. The summed E-state index contributed by atoms with van der Waals surface area (Å²) in [4.78, 5) is 0. The smallest absolute Gasteiger partial charge is 0.0311 e. The van der Waals surface area contributed by atoms with Crippen molar-refractivity contribution >= 4 is 11.6 Å². The maximum atomic E-state index is 5.94. The lowest BCUT2D eigenvalue weighted by atomic mass is 10.0. The van der Waals surface area contributed by atoms with E-state index in [1.807, 2.05) is 0 Å². The van der Waals surface area contributed by atoms with E-state index in [1.165, 1.54) is 24.0 Å². The molecule has 0 nitrogen and oxygen atoms in total. The van der Waals surface area contributed by atoms with Crippen LogP contribution in [0.2, 0.25) is 0 Å². The zero-order chi connectivity index (χ0) is 9.97. The summed E-state index contributed by atoms with van der Waals surface area (Å²) < 4.78 is 0. The van der Waals surface area contributed by atoms with Gasteiger partial charge in [0, 0.05) is 5.38 Å². The molecule has 1 unspecified atom stereocenters. The van der Waals surface area contributed by atoms with E-state index in [1.54, 1.807) is 0 Å². The SMILES string of the molecule is CC(Cl)CCc1cccc(C2CC2)c1. The number of hydrogen-bond acceptors (Lipinski definition) is 0. The van der Waals surface area contributed by atoms with Gasteiger partial charge in [0.05, 0.1) is 0 Å². The number of hydrogen-bond donors (Lipinski definition) is 0. The van der Waals surface area contributed by atoms with Crippen LogP contribution in [0, 0.1) is 0 Å². The van der Waals surface area contributed by atoms with Crippen molar-refractivity contribution in [2.45, 2.75) is 43.9 Å². The van der Waals surface area contributed by atoms with Gasteiger partial charge in [0.15, 0.2) is 0 Å². The van der Waals surface area contributed by atoms with Gasteiger partial charge in [-0.05, 0) is 49.7 Å². The van der Waals surface area contributed by atoms with E-state index in [4.69, 9.17) is 11.6 Å². The molecule has 76 valence electrons. The molecule has 0 radical (unpaired) electrons. The Hall–Kier alpha value is -0.490. The Morgan fingerprint density at radius 1 is 1.43 bits per heavy atom. The number of alkyl halides is 1. The molecule has 1 saturated carbocycles. The van der Waals surface area contributed by atoms with Crippen molar-refractivity contribution in [1.82, 2.24) is 0 Å². The first-order valence-corrected chi connectivity index (χ1v) is 5.92. The highest BCUT2D eigenvalue weighted by Crippen LogP contribution is 2.40. The lowest BCUT2D eigenvalue weighted by Gasteiger charge is -2.05. The van der Waals surface area contributed by atoms with Crippen molar-refractivity contribution in [3.63, 3.8) is 0 Å². The summed E-state index contributed by atoms with van der Waals surface area (Å²) in [6.07, 6.45) is 4.96. The lowest BCUT2D eigenvalue weighted by molar-refractivity contribution is 0.802. The number of aryl methyl sites for hydroxylation is 1. The monoisotopic (exact) mass is 208 g/mol. The van der Waals surface area contributed by atoms with E-state index >= 15 is 0 Å². The summed E-state index contributed by atoms with van der Waals surface area (Å²) in [6.45, 7) is 2.06. The molecule has 0 saturated heterocycles. The van der Waals surface area contributed by atoms with Gasteiger partial charge in [-0.1, -0.05) is 24.3 Å². The lowest BCUT2D eigenvalue weighted by Crippen LogP contribution is -1.95. The van der Waals surface area contributed by atoms with Crippen LogP contribution in [0.15, 0.2) is 24.3 Å². The highest BCUT2D eigenvalue weighted by molar-refractivity contribution is 6.20. The Balaban J connectivity index is 1.99. The molecule has 1 aromatic rings. The van der Waals surface area contributed by atoms with Crippen molar-refractivity contribution in [1.29, 1.82) is 0 Å². The molecule has 0 spiro atoms. The molecule has 1 aromatic carbocycles. The van der Waals surface area contributed by atoms with Gasteiger partial charge in [-0.2, -0.15) is 0 Å². The van der Waals surface area contributed by atoms with Gasteiger partial charge in [-0.3, -0.25) is 0 Å². The second kappa shape index (κ2) is 4.35. The zero-order valence-electron chi connectivity index (χ0n) is 8.67. The quantitative estimate of drug-likeness (QED) is 0.653. The van der Waals surface area contributed by atoms with Crippen LogP contribution in [0.4, 0.5) is 0 Å². The van der Waals surface area contributed by atoms with Crippen LogP contribution < -0.4 is 0 Å². The molecule has 2 rings (SSSR count). The minimum Gasteiger partial charge on any atom is -0.123 e. The summed E-state index contributed by atoms with van der Waals surface area (Å²) in [7, 11) is 0. The summed E-state index contributed by atoms with van der Waals surface area (Å²) >= 11 is 5.94. The molecule has 0 aliphatic heterocycles. The van der Waals surface area contributed by atoms with Crippen LogP contribution in [0.25, 0.3) is 0 Å². The van der Waals surface area contributed by atoms with E-state index in [2.05, 4.69) is 31.2 Å². The molecular weight excluding hydrogens is 192 g/mol. The molecule has 0 heterocycles. The minimum atomic E-state index is 0.291. The molecule has 0 aromatic heterocycles. The standard InChI is InChI=1S/C13H17Cl/c1-10(14)5-6-11-3-2-4-13(9-11)12-7-8-12/h2-4,9-10,12H,5-8H2,1H3. The topological polar surface area (TPSA) is 0 Å². The van der Waals surface area contributed by atoms with Gasteiger partial charge in [-0.15, -0.1) is 11.6 Å². The average molecular weight is 209 g/mol. The van der Waals surface area contributed by atoms with Crippen LogP contribution in [0.3, 0.4) is 0 Å². The Morgan fingerprint density at radius 2 is 2.21 bits per heavy atom. The number of halogens is 1. The van der Waals surface area contributed by atoms with Gasteiger partial charge < -0.3 is 0 Å². The number of rotatable bonds is 4. The first kappa shape index (κ1) is 10.0. The van der Waals surface area contributed by atoms with Crippen LogP contribution in [-0.4, -0.2) is 5.38 Å². The molecule has 14 heavy (non-hydrogen) atoms. The maximum absolute atomic E-state index is 5.94. The Bertz CT molecular complexity index is 300. The Labute approximate surface area is 91.3 Å². The Kier molecular flexibility index (Phi) is 3.12. The third-order valence-corrected chi connectivity index (χ3v) is 3.05. The molecule has 1 fully saturated rings. The van der Waals surface area contributed by atoms with Crippen molar-refractivity contribution < 1.29 is 0 Å². The molecule has 1 aliphatic carbocycles. The van der Waals surface area contributed by atoms with Gasteiger partial charge >= 0.3 is 0 Å². The highest BCUT2D eigenvalue weighted by atomic mass is 35.5. The fraction of sp³-hybridized carbons (Fsp3) is 0.538. The summed E-state index contributed by atoms with van der Waals surface area (Å²) in [5.41, 5.74) is 2.98. The van der Waals surface area contributed by atoms with Gasteiger partial charge in [0.25, 0.3) is 0 Å².